The summed E-state index contributed by atoms with van der Waals surface area (Å²) in [4.78, 5) is 5.29. The molecule has 2 N–H and O–H groups in total. The Kier molecular flexibility index (Phi) is 4.33. The van der Waals surface area contributed by atoms with Crippen LogP contribution in [0.15, 0.2) is 6.20 Å². The average Bonchev–Trinajstić information content (AvgIpc) is 2.93. The van der Waals surface area contributed by atoms with Crippen molar-refractivity contribution in [2.75, 3.05) is 26.2 Å². The zero-order valence-corrected chi connectivity index (χ0v) is 12.4. The van der Waals surface area contributed by atoms with Crippen molar-refractivity contribution in [3.63, 3.8) is 0 Å². The summed E-state index contributed by atoms with van der Waals surface area (Å²) in [6.45, 7) is 8.50. The fourth-order valence-electron chi connectivity index (χ4n) is 3.50. The summed E-state index contributed by atoms with van der Waals surface area (Å²) < 4.78 is 1.92. The molecular weight excluding hydrogens is 252 g/mol. The van der Waals surface area contributed by atoms with Gasteiger partial charge in [-0.2, -0.15) is 0 Å². The van der Waals surface area contributed by atoms with Crippen LogP contribution in [0.5, 0.6) is 0 Å². The van der Waals surface area contributed by atoms with E-state index >= 15 is 0 Å². The minimum Gasteiger partial charge on any atom is -0.325 e. The molecule has 1 aromatic rings. The van der Waals surface area contributed by atoms with Crippen molar-refractivity contribution in [2.45, 2.75) is 51.4 Å². The molecule has 2 fully saturated rings. The quantitative estimate of drug-likeness (QED) is 0.858. The van der Waals surface area contributed by atoms with E-state index in [-0.39, 0.29) is 0 Å². The van der Waals surface area contributed by atoms with Crippen molar-refractivity contribution in [1.82, 2.24) is 24.8 Å². The van der Waals surface area contributed by atoms with Gasteiger partial charge >= 0.3 is 0 Å². The zero-order valence-electron chi connectivity index (χ0n) is 12.4. The number of nitrogens with zero attached hydrogens (tertiary/aromatic N) is 5. The lowest BCUT2D eigenvalue weighted by Gasteiger charge is -2.47. The number of hydrogen-bond acceptors (Lipinski definition) is 5. The summed E-state index contributed by atoms with van der Waals surface area (Å²) in [6, 6.07) is 1.41. The van der Waals surface area contributed by atoms with Gasteiger partial charge in [0.25, 0.3) is 0 Å². The maximum atomic E-state index is 5.57. The lowest BCUT2D eigenvalue weighted by molar-refractivity contribution is 0.0133. The molecule has 2 unspecified atom stereocenters. The molecule has 2 atom stereocenters. The molecule has 1 aromatic heterocycles. The predicted octanol–water partition coefficient (Wildman–Crippen LogP) is 0.295. The van der Waals surface area contributed by atoms with Gasteiger partial charge < -0.3 is 5.73 Å². The summed E-state index contributed by atoms with van der Waals surface area (Å²) >= 11 is 0. The zero-order chi connectivity index (χ0) is 13.9. The van der Waals surface area contributed by atoms with Gasteiger partial charge in [-0.15, -0.1) is 5.10 Å². The molecule has 0 aromatic carbocycles. The standard InChI is InChI=1S/C14H26N6/c1-12-9-19-5-3-2-4-14(19)11-18(12)6-7-20-10-13(8-15)16-17-20/h10,12,14H,2-9,11,15H2,1H3. The molecule has 0 bridgehead atoms. The van der Waals surface area contributed by atoms with E-state index in [1.807, 2.05) is 10.9 Å². The van der Waals surface area contributed by atoms with E-state index in [4.69, 9.17) is 5.73 Å². The SMILES string of the molecule is CC1CN2CCCCC2CN1CCn1cc(CN)nn1. The summed E-state index contributed by atoms with van der Waals surface area (Å²) in [5.41, 5.74) is 6.44. The van der Waals surface area contributed by atoms with Crippen molar-refractivity contribution >= 4 is 0 Å². The lowest BCUT2D eigenvalue weighted by Crippen LogP contribution is -2.59. The van der Waals surface area contributed by atoms with Crippen molar-refractivity contribution < 1.29 is 0 Å². The first-order chi connectivity index (χ1) is 9.76. The van der Waals surface area contributed by atoms with Crippen molar-refractivity contribution in [2.24, 2.45) is 5.73 Å². The van der Waals surface area contributed by atoms with Gasteiger partial charge in [0.05, 0.1) is 12.2 Å². The molecular formula is C14H26N6. The van der Waals surface area contributed by atoms with E-state index in [0.29, 0.717) is 12.6 Å². The minimum atomic E-state index is 0.469. The Balaban J connectivity index is 1.54. The normalized spacial score (nSPS) is 28.5. The number of fused-ring (bicyclic) bond motifs is 1. The highest BCUT2D eigenvalue weighted by Gasteiger charge is 2.32. The largest absolute Gasteiger partial charge is 0.325 e. The van der Waals surface area contributed by atoms with Gasteiger partial charge in [-0.25, -0.2) is 0 Å². The second-order valence-corrected chi connectivity index (χ2v) is 6.17. The van der Waals surface area contributed by atoms with Crippen LogP contribution in [0.4, 0.5) is 0 Å². The van der Waals surface area contributed by atoms with Crippen LogP contribution in [0.1, 0.15) is 31.9 Å². The monoisotopic (exact) mass is 278 g/mol. The van der Waals surface area contributed by atoms with E-state index in [1.54, 1.807) is 0 Å². The van der Waals surface area contributed by atoms with Crippen LogP contribution in [0.25, 0.3) is 0 Å². The molecule has 2 aliphatic rings. The number of piperazine rings is 1. The first kappa shape index (κ1) is 14.0. The van der Waals surface area contributed by atoms with E-state index < -0.39 is 0 Å². The van der Waals surface area contributed by atoms with Crippen LogP contribution in [0.2, 0.25) is 0 Å². The van der Waals surface area contributed by atoms with Gasteiger partial charge in [0, 0.05) is 44.5 Å². The van der Waals surface area contributed by atoms with Gasteiger partial charge in [0.15, 0.2) is 0 Å². The highest BCUT2D eigenvalue weighted by Crippen LogP contribution is 2.23. The Bertz CT molecular complexity index is 431. The Labute approximate surface area is 120 Å². The predicted molar refractivity (Wildman–Crippen MR) is 78.2 cm³/mol. The molecule has 112 valence electrons. The average molecular weight is 278 g/mol. The van der Waals surface area contributed by atoms with Crippen LogP contribution in [0.3, 0.4) is 0 Å². The van der Waals surface area contributed by atoms with Gasteiger partial charge in [-0.05, 0) is 26.3 Å². The maximum Gasteiger partial charge on any atom is 0.0962 e. The van der Waals surface area contributed by atoms with Crippen molar-refractivity contribution in [1.29, 1.82) is 0 Å². The number of aromatic nitrogens is 3. The van der Waals surface area contributed by atoms with Crippen LogP contribution < -0.4 is 5.73 Å². The van der Waals surface area contributed by atoms with Crippen molar-refractivity contribution in [3.05, 3.63) is 11.9 Å². The highest BCUT2D eigenvalue weighted by molar-refractivity contribution is 4.91. The molecule has 0 aliphatic carbocycles. The molecule has 6 heteroatoms. The Hall–Kier alpha value is -0.980. The molecule has 0 radical (unpaired) electrons. The lowest BCUT2D eigenvalue weighted by atomic mass is 9.97. The molecule has 2 aliphatic heterocycles. The number of nitrogens with two attached hydrogens (primary N) is 1. The van der Waals surface area contributed by atoms with Crippen LogP contribution in [-0.2, 0) is 13.1 Å². The van der Waals surface area contributed by atoms with E-state index in [2.05, 4.69) is 27.0 Å². The van der Waals surface area contributed by atoms with Crippen LogP contribution in [-0.4, -0.2) is 63.1 Å². The molecule has 0 amide bonds. The van der Waals surface area contributed by atoms with E-state index in [0.717, 1.165) is 24.8 Å². The Morgan fingerprint density at radius 3 is 3.00 bits per heavy atom. The summed E-state index contributed by atoms with van der Waals surface area (Å²) in [5, 5.41) is 8.17. The maximum absolute atomic E-state index is 5.57. The second kappa shape index (κ2) is 6.20. The molecule has 2 saturated heterocycles. The van der Waals surface area contributed by atoms with Gasteiger partial charge in [-0.3, -0.25) is 14.5 Å². The van der Waals surface area contributed by atoms with Crippen molar-refractivity contribution in [3.8, 4) is 0 Å². The smallest absolute Gasteiger partial charge is 0.0962 e. The molecule has 20 heavy (non-hydrogen) atoms. The third-order valence-corrected chi connectivity index (χ3v) is 4.73. The van der Waals surface area contributed by atoms with E-state index in [9.17, 15) is 0 Å². The van der Waals surface area contributed by atoms with Crippen LogP contribution >= 0.6 is 0 Å². The molecule has 0 spiro atoms. The molecule has 6 nitrogen and oxygen atoms in total. The highest BCUT2D eigenvalue weighted by atomic mass is 15.4. The Morgan fingerprint density at radius 1 is 1.30 bits per heavy atom. The molecule has 3 rings (SSSR count). The third-order valence-electron chi connectivity index (χ3n) is 4.73. The molecule has 0 saturated carbocycles. The topological polar surface area (TPSA) is 63.2 Å². The Morgan fingerprint density at radius 2 is 2.20 bits per heavy atom. The van der Waals surface area contributed by atoms with Gasteiger partial charge in [0.2, 0.25) is 0 Å². The number of rotatable bonds is 4. The first-order valence-electron chi connectivity index (χ1n) is 7.83. The fraction of sp³-hybridized carbons (Fsp3) is 0.857. The first-order valence-corrected chi connectivity index (χ1v) is 7.83. The van der Waals surface area contributed by atoms with Gasteiger partial charge in [-0.1, -0.05) is 11.6 Å². The fourth-order valence-corrected chi connectivity index (χ4v) is 3.50. The van der Waals surface area contributed by atoms with E-state index in [1.165, 1.54) is 38.9 Å². The van der Waals surface area contributed by atoms with Gasteiger partial charge in [0.1, 0.15) is 0 Å². The third kappa shape index (κ3) is 3.02. The summed E-state index contributed by atoms with van der Waals surface area (Å²) in [7, 11) is 0. The number of piperidine rings is 1. The number of hydrogen-bond donors (Lipinski definition) is 1. The second-order valence-electron chi connectivity index (χ2n) is 6.17. The summed E-state index contributed by atoms with van der Waals surface area (Å²) in [5.74, 6) is 0. The minimum absolute atomic E-state index is 0.469. The van der Waals surface area contributed by atoms with Crippen LogP contribution in [0, 0.1) is 0 Å². The molecule has 3 heterocycles. The summed E-state index contributed by atoms with van der Waals surface area (Å²) in [6.07, 6.45) is 6.10.